The first kappa shape index (κ1) is 25.6. The number of nitrogens with zero attached hydrogens (tertiary/aromatic N) is 1. The molecular formula is C45H31N. The molecule has 1 aromatic heterocycles. The predicted octanol–water partition coefficient (Wildman–Crippen LogP) is 12.2. The Kier molecular flexibility index (Phi) is 5.12. The van der Waals surface area contributed by atoms with Gasteiger partial charge in [0.05, 0.1) is 11.0 Å². The largest absolute Gasteiger partial charge is 0.309 e. The number of aromatic nitrogens is 1. The Bertz CT molecular complexity index is 2690. The van der Waals surface area contributed by atoms with Crippen molar-refractivity contribution >= 4 is 54.1 Å². The molecule has 0 atom stereocenters. The van der Waals surface area contributed by atoms with Gasteiger partial charge >= 0.3 is 0 Å². The molecule has 9 aromatic rings. The molecule has 0 unspecified atom stereocenters. The molecule has 0 N–H and O–H groups in total. The summed E-state index contributed by atoms with van der Waals surface area (Å²) < 4.78 is 2.44. The Morgan fingerprint density at radius 1 is 0.370 bits per heavy atom. The number of fused-ring (bicyclic) bond motifs is 12. The zero-order valence-electron chi connectivity index (χ0n) is 25.9. The molecule has 0 saturated carbocycles. The zero-order chi connectivity index (χ0) is 30.6. The SMILES string of the molecule is CC1(C)c2ccccc2-c2ccc(-c3ccc4c(c3)c3ccccc3n4-c3ccc4c5ccccc5c5ccccc5c4c3)cc21. The van der Waals surface area contributed by atoms with E-state index in [0.717, 1.165) is 0 Å². The molecule has 8 aromatic carbocycles. The van der Waals surface area contributed by atoms with Crippen molar-refractivity contribution in [2.75, 3.05) is 0 Å². The molecule has 46 heavy (non-hydrogen) atoms. The Morgan fingerprint density at radius 3 is 1.67 bits per heavy atom. The zero-order valence-corrected chi connectivity index (χ0v) is 25.9. The smallest absolute Gasteiger partial charge is 0.0541 e. The first-order valence-electron chi connectivity index (χ1n) is 16.2. The molecule has 1 nitrogen and oxygen atoms in total. The third-order valence-corrected chi connectivity index (χ3v) is 10.6. The van der Waals surface area contributed by atoms with Crippen molar-refractivity contribution in [1.82, 2.24) is 4.57 Å². The predicted molar refractivity (Wildman–Crippen MR) is 196 cm³/mol. The second-order valence-corrected chi connectivity index (χ2v) is 13.3. The van der Waals surface area contributed by atoms with Crippen LogP contribution in [0.15, 0.2) is 152 Å². The summed E-state index contributed by atoms with van der Waals surface area (Å²) in [6.45, 7) is 4.71. The van der Waals surface area contributed by atoms with Gasteiger partial charge in [-0.25, -0.2) is 0 Å². The third-order valence-electron chi connectivity index (χ3n) is 10.6. The second-order valence-electron chi connectivity index (χ2n) is 13.3. The van der Waals surface area contributed by atoms with E-state index in [1.807, 2.05) is 0 Å². The van der Waals surface area contributed by atoms with Crippen LogP contribution >= 0.6 is 0 Å². The van der Waals surface area contributed by atoms with E-state index in [1.54, 1.807) is 0 Å². The minimum Gasteiger partial charge on any atom is -0.309 e. The Balaban J connectivity index is 1.18. The van der Waals surface area contributed by atoms with Crippen LogP contribution in [-0.4, -0.2) is 4.57 Å². The molecule has 0 amide bonds. The standard InChI is InChI=1S/C45H31N/c1-45(2)41-17-9-7-15-36(41)37-22-19-29(26-42(37)45)28-20-24-44-40(25-28)38-16-8-10-18-43(38)46(44)30-21-23-35-33-13-4-3-11-31(33)32-12-5-6-14-34(32)39(35)27-30/h3-27H,1-2H3. The van der Waals surface area contributed by atoms with Crippen molar-refractivity contribution in [2.45, 2.75) is 19.3 Å². The highest BCUT2D eigenvalue weighted by Gasteiger charge is 2.35. The van der Waals surface area contributed by atoms with Gasteiger partial charge in [-0.15, -0.1) is 0 Å². The highest BCUT2D eigenvalue weighted by Crippen LogP contribution is 2.49. The Morgan fingerprint density at radius 2 is 0.913 bits per heavy atom. The molecule has 0 fully saturated rings. The topological polar surface area (TPSA) is 4.93 Å². The summed E-state index contributed by atoms with van der Waals surface area (Å²) in [5.41, 5.74) is 11.7. The lowest BCUT2D eigenvalue weighted by Crippen LogP contribution is -2.14. The molecule has 0 radical (unpaired) electrons. The number of rotatable bonds is 2. The van der Waals surface area contributed by atoms with E-state index in [9.17, 15) is 0 Å². The highest BCUT2D eigenvalue weighted by atomic mass is 15.0. The molecule has 1 aliphatic carbocycles. The van der Waals surface area contributed by atoms with Crippen LogP contribution in [0.25, 0.3) is 82.1 Å². The minimum atomic E-state index is -0.0202. The average Bonchev–Trinajstić information content (AvgIpc) is 3.56. The molecule has 0 spiro atoms. The lowest BCUT2D eigenvalue weighted by atomic mass is 9.81. The van der Waals surface area contributed by atoms with Crippen molar-refractivity contribution in [3.05, 3.63) is 163 Å². The van der Waals surface area contributed by atoms with E-state index < -0.39 is 0 Å². The van der Waals surface area contributed by atoms with Gasteiger partial charge in [-0.3, -0.25) is 0 Å². The van der Waals surface area contributed by atoms with Crippen LogP contribution in [0.2, 0.25) is 0 Å². The first-order valence-corrected chi connectivity index (χ1v) is 16.2. The van der Waals surface area contributed by atoms with Crippen LogP contribution in [-0.2, 0) is 5.41 Å². The van der Waals surface area contributed by atoms with Crippen LogP contribution in [0.5, 0.6) is 0 Å². The molecule has 0 saturated heterocycles. The van der Waals surface area contributed by atoms with Gasteiger partial charge in [-0.05, 0) is 102 Å². The fourth-order valence-corrected chi connectivity index (χ4v) is 8.35. The van der Waals surface area contributed by atoms with E-state index in [0.29, 0.717) is 0 Å². The van der Waals surface area contributed by atoms with Gasteiger partial charge in [-0.2, -0.15) is 0 Å². The maximum absolute atomic E-state index is 2.44. The van der Waals surface area contributed by atoms with Crippen LogP contribution in [0.3, 0.4) is 0 Å². The molecule has 10 rings (SSSR count). The van der Waals surface area contributed by atoms with Crippen molar-refractivity contribution in [3.8, 4) is 27.9 Å². The van der Waals surface area contributed by atoms with Crippen molar-refractivity contribution < 1.29 is 0 Å². The number of hydrogen-bond acceptors (Lipinski definition) is 0. The summed E-state index contributed by atoms with van der Waals surface area (Å²) in [7, 11) is 0. The van der Waals surface area contributed by atoms with Gasteiger partial charge in [0.2, 0.25) is 0 Å². The first-order chi connectivity index (χ1) is 22.6. The maximum Gasteiger partial charge on any atom is 0.0541 e. The second kappa shape index (κ2) is 9.19. The van der Waals surface area contributed by atoms with E-state index >= 15 is 0 Å². The molecule has 216 valence electrons. The van der Waals surface area contributed by atoms with Gasteiger partial charge in [0.25, 0.3) is 0 Å². The van der Waals surface area contributed by atoms with Crippen LogP contribution < -0.4 is 0 Å². The minimum absolute atomic E-state index is 0.0202. The maximum atomic E-state index is 2.44. The van der Waals surface area contributed by atoms with E-state index in [4.69, 9.17) is 0 Å². The van der Waals surface area contributed by atoms with E-state index in [2.05, 4.69) is 170 Å². The monoisotopic (exact) mass is 585 g/mol. The molecular weight excluding hydrogens is 555 g/mol. The van der Waals surface area contributed by atoms with Crippen LogP contribution in [0.4, 0.5) is 0 Å². The van der Waals surface area contributed by atoms with Gasteiger partial charge in [0.15, 0.2) is 0 Å². The summed E-state index contributed by atoms with van der Waals surface area (Å²) in [5.74, 6) is 0. The molecule has 1 heteroatoms. The lowest BCUT2D eigenvalue weighted by Gasteiger charge is -2.22. The Labute approximate surface area is 268 Å². The van der Waals surface area contributed by atoms with E-state index in [-0.39, 0.29) is 5.41 Å². The summed E-state index contributed by atoms with van der Waals surface area (Å²) >= 11 is 0. The highest BCUT2D eigenvalue weighted by molar-refractivity contribution is 6.25. The fraction of sp³-hybridized carbons (Fsp3) is 0.0667. The number of benzene rings is 8. The molecule has 0 bridgehead atoms. The van der Waals surface area contributed by atoms with Crippen molar-refractivity contribution in [1.29, 1.82) is 0 Å². The van der Waals surface area contributed by atoms with Gasteiger partial charge in [0, 0.05) is 21.9 Å². The number of para-hydroxylation sites is 1. The third kappa shape index (κ3) is 3.40. The summed E-state index contributed by atoms with van der Waals surface area (Å²) in [5, 5.41) is 10.3. The van der Waals surface area contributed by atoms with Gasteiger partial charge < -0.3 is 4.57 Å². The number of hydrogen-bond donors (Lipinski definition) is 0. The van der Waals surface area contributed by atoms with Crippen molar-refractivity contribution in [2.24, 2.45) is 0 Å². The quantitative estimate of drug-likeness (QED) is 0.178. The normalized spacial score (nSPS) is 13.6. The lowest BCUT2D eigenvalue weighted by molar-refractivity contribution is 0.660. The Hall–Kier alpha value is -5.66. The van der Waals surface area contributed by atoms with Crippen molar-refractivity contribution in [3.63, 3.8) is 0 Å². The summed E-state index contributed by atoms with van der Waals surface area (Å²) in [4.78, 5) is 0. The molecule has 0 aliphatic heterocycles. The van der Waals surface area contributed by atoms with Crippen LogP contribution in [0.1, 0.15) is 25.0 Å². The van der Waals surface area contributed by atoms with Gasteiger partial charge in [-0.1, -0.05) is 129 Å². The molecule has 1 heterocycles. The summed E-state index contributed by atoms with van der Waals surface area (Å²) in [6, 6.07) is 56.4. The van der Waals surface area contributed by atoms with Gasteiger partial charge in [0.1, 0.15) is 0 Å². The average molecular weight is 586 g/mol. The fourth-order valence-electron chi connectivity index (χ4n) is 8.35. The van der Waals surface area contributed by atoms with E-state index in [1.165, 1.54) is 93.2 Å². The molecule has 1 aliphatic rings. The van der Waals surface area contributed by atoms with Crippen LogP contribution in [0, 0.1) is 0 Å². The summed E-state index contributed by atoms with van der Waals surface area (Å²) in [6.07, 6.45) is 0.